The second-order valence-corrected chi connectivity index (χ2v) is 9.88. The average Bonchev–Trinajstić information content (AvgIpc) is 3.01. The highest BCUT2D eigenvalue weighted by molar-refractivity contribution is 6.21. The maximum Gasteiger partial charge on any atom is 0.125 e. The van der Waals surface area contributed by atoms with Crippen molar-refractivity contribution < 1.29 is 0 Å². The first-order chi connectivity index (χ1) is 19.3. The van der Waals surface area contributed by atoms with Crippen molar-refractivity contribution >= 4 is 21.5 Å². The number of nitrogens with zero attached hydrogens (tertiary/aromatic N) is 2. The molecular formula is C37H26N2. The first-order valence-corrected chi connectivity index (χ1v) is 13.2. The van der Waals surface area contributed by atoms with E-state index in [-0.39, 0.29) is 0 Å². The van der Waals surface area contributed by atoms with Crippen LogP contribution in [0, 0.1) is 6.92 Å². The van der Waals surface area contributed by atoms with Gasteiger partial charge < -0.3 is 0 Å². The number of hydrogen-bond acceptors (Lipinski definition) is 2. The molecule has 0 aliphatic heterocycles. The Balaban J connectivity index is 1.48. The molecule has 184 valence electrons. The highest BCUT2D eigenvalue weighted by atomic mass is 14.8. The summed E-state index contributed by atoms with van der Waals surface area (Å²) in [5.74, 6) is 0.781. The quantitative estimate of drug-likeness (QED) is 0.226. The molecule has 0 aliphatic rings. The fraction of sp³-hybridized carbons (Fsp3) is 0.0270. The number of rotatable bonds is 4. The molecule has 0 bridgehead atoms. The largest absolute Gasteiger partial charge is 0.241 e. The summed E-state index contributed by atoms with van der Waals surface area (Å²) in [6.07, 6.45) is 3.77. The Morgan fingerprint density at radius 3 is 1.36 bits per heavy atom. The lowest BCUT2D eigenvalue weighted by atomic mass is 9.85. The zero-order chi connectivity index (χ0) is 26.2. The standard InChI is InChI=1S/C37H26N2/c1-25-38-23-31(24-39-25)27-18-16-26(17-19-27)30-20-21-34-35(22-30)37(29-12-6-3-7-13-29)33-15-9-8-14-32(33)36(34)28-10-4-2-5-11-28/h2-24H,1H3. The fourth-order valence-corrected chi connectivity index (χ4v) is 5.59. The Morgan fingerprint density at radius 2 is 0.795 bits per heavy atom. The third-order valence-electron chi connectivity index (χ3n) is 7.48. The number of benzene rings is 6. The summed E-state index contributed by atoms with van der Waals surface area (Å²) in [5, 5.41) is 5.05. The zero-order valence-electron chi connectivity index (χ0n) is 21.7. The lowest BCUT2D eigenvalue weighted by Crippen LogP contribution is -1.91. The van der Waals surface area contributed by atoms with Crippen molar-refractivity contribution in [3.63, 3.8) is 0 Å². The number of hydrogen-bond donors (Lipinski definition) is 0. The molecule has 0 fully saturated rings. The third-order valence-corrected chi connectivity index (χ3v) is 7.48. The summed E-state index contributed by atoms with van der Waals surface area (Å²) in [5.41, 5.74) is 9.53. The summed E-state index contributed by atoms with van der Waals surface area (Å²) in [4.78, 5) is 8.71. The summed E-state index contributed by atoms with van der Waals surface area (Å²) < 4.78 is 0. The molecule has 0 spiro atoms. The molecule has 2 heteroatoms. The van der Waals surface area contributed by atoms with Gasteiger partial charge in [-0.1, -0.05) is 121 Å². The first kappa shape index (κ1) is 23.1. The summed E-state index contributed by atoms with van der Waals surface area (Å²) >= 11 is 0. The van der Waals surface area contributed by atoms with Crippen molar-refractivity contribution in [3.05, 3.63) is 146 Å². The molecule has 0 aliphatic carbocycles. The minimum atomic E-state index is 0.781. The minimum Gasteiger partial charge on any atom is -0.241 e. The minimum absolute atomic E-state index is 0.781. The predicted octanol–water partition coefficient (Wildman–Crippen LogP) is 9.76. The van der Waals surface area contributed by atoms with Gasteiger partial charge >= 0.3 is 0 Å². The topological polar surface area (TPSA) is 25.8 Å². The molecule has 39 heavy (non-hydrogen) atoms. The van der Waals surface area contributed by atoms with Crippen LogP contribution in [-0.4, -0.2) is 9.97 Å². The van der Waals surface area contributed by atoms with Crippen LogP contribution in [0.5, 0.6) is 0 Å². The summed E-state index contributed by atoms with van der Waals surface area (Å²) in [6, 6.07) is 45.9. The molecule has 0 unspecified atom stereocenters. The van der Waals surface area contributed by atoms with Crippen molar-refractivity contribution in [2.24, 2.45) is 0 Å². The van der Waals surface area contributed by atoms with Gasteiger partial charge in [-0.25, -0.2) is 9.97 Å². The van der Waals surface area contributed by atoms with E-state index in [1.165, 1.54) is 54.9 Å². The van der Waals surface area contributed by atoms with Crippen LogP contribution in [-0.2, 0) is 0 Å². The number of aryl methyl sites for hydroxylation is 1. The van der Waals surface area contributed by atoms with Crippen molar-refractivity contribution in [3.8, 4) is 44.5 Å². The molecule has 1 heterocycles. The Kier molecular flexibility index (Phi) is 5.71. The molecule has 0 saturated carbocycles. The lowest BCUT2D eigenvalue weighted by Gasteiger charge is -2.18. The zero-order valence-corrected chi connectivity index (χ0v) is 21.7. The normalized spacial score (nSPS) is 11.2. The van der Waals surface area contributed by atoms with E-state index in [0.717, 1.165) is 17.0 Å². The predicted molar refractivity (Wildman–Crippen MR) is 164 cm³/mol. The van der Waals surface area contributed by atoms with Crippen LogP contribution in [0.1, 0.15) is 5.82 Å². The molecule has 0 saturated heterocycles. The van der Waals surface area contributed by atoms with Crippen molar-refractivity contribution in [2.75, 3.05) is 0 Å². The summed E-state index contributed by atoms with van der Waals surface area (Å²) in [7, 11) is 0. The van der Waals surface area contributed by atoms with E-state index >= 15 is 0 Å². The van der Waals surface area contributed by atoms with Crippen LogP contribution in [0.4, 0.5) is 0 Å². The van der Waals surface area contributed by atoms with Crippen LogP contribution in [0.25, 0.3) is 66.1 Å². The molecule has 6 aromatic carbocycles. The van der Waals surface area contributed by atoms with Gasteiger partial charge in [0.2, 0.25) is 0 Å². The monoisotopic (exact) mass is 498 g/mol. The number of fused-ring (bicyclic) bond motifs is 2. The second-order valence-electron chi connectivity index (χ2n) is 9.88. The van der Waals surface area contributed by atoms with Gasteiger partial charge in [0.05, 0.1) is 0 Å². The van der Waals surface area contributed by atoms with Crippen LogP contribution in [0.3, 0.4) is 0 Å². The van der Waals surface area contributed by atoms with E-state index < -0.39 is 0 Å². The molecule has 0 amide bonds. The highest BCUT2D eigenvalue weighted by Gasteiger charge is 2.17. The smallest absolute Gasteiger partial charge is 0.125 e. The fourth-order valence-electron chi connectivity index (χ4n) is 5.59. The maximum absolute atomic E-state index is 4.36. The van der Waals surface area contributed by atoms with E-state index in [9.17, 15) is 0 Å². The molecule has 0 radical (unpaired) electrons. The Hall–Kier alpha value is -5.08. The highest BCUT2D eigenvalue weighted by Crippen LogP contribution is 2.44. The van der Waals surface area contributed by atoms with E-state index in [4.69, 9.17) is 0 Å². The van der Waals surface area contributed by atoms with Crippen LogP contribution in [0.15, 0.2) is 140 Å². The molecule has 0 atom stereocenters. The average molecular weight is 499 g/mol. The summed E-state index contributed by atoms with van der Waals surface area (Å²) in [6.45, 7) is 1.91. The van der Waals surface area contributed by atoms with Crippen LogP contribution < -0.4 is 0 Å². The Bertz CT molecular complexity index is 1920. The van der Waals surface area contributed by atoms with Crippen LogP contribution >= 0.6 is 0 Å². The number of aromatic nitrogens is 2. The third kappa shape index (κ3) is 4.17. The molecule has 7 aromatic rings. The van der Waals surface area contributed by atoms with E-state index in [1.54, 1.807) is 0 Å². The van der Waals surface area contributed by atoms with Gasteiger partial charge in [0, 0.05) is 18.0 Å². The van der Waals surface area contributed by atoms with Crippen molar-refractivity contribution in [1.82, 2.24) is 9.97 Å². The molecule has 2 nitrogen and oxygen atoms in total. The lowest BCUT2D eigenvalue weighted by molar-refractivity contribution is 1.06. The maximum atomic E-state index is 4.36. The van der Waals surface area contributed by atoms with E-state index in [0.29, 0.717) is 0 Å². The van der Waals surface area contributed by atoms with Gasteiger partial charge in [0.15, 0.2) is 0 Å². The van der Waals surface area contributed by atoms with Gasteiger partial charge in [-0.3, -0.25) is 0 Å². The molecule has 0 N–H and O–H groups in total. The van der Waals surface area contributed by atoms with E-state index in [2.05, 4.69) is 137 Å². The molecular weight excluding hydrogens is 472 g/mol. The second kappa shape index (κ2) is 9.66. The first-order valence-electron chi connectivity index (χ1n) is 13.2. The SMILES string of the molecule is Cc1ncc(-c2ccc(-c3ccc4c(-c5ccccc5)c5ccccc5c(-c5ccccc5)c4c3)cc2)cn1. The van der Waals surface area contributed by atoms with Gasteiger partial charge in [0.25, 0.3) is 0 Å². The van der Waals surface area contributed by atoms with Crippen molar-refractivity contribution in [2.45, 2.75) is 6.92 Å². The molecule has 7 rings (SSSR count). The van der Waals surface area contributed by atoms with Crippen LogP contribution in [0.2, 0.25) is 0 Å². The van der Waals surface area contributed by atoms with Gasteiger partial charge in [0.1, 0.15) is 5.82 Å². The molecule has 1 aromatic heterocycles. The van der Waals surface area contributed by atoms with Gasteiger partial charge in [-0.15, -0.1) is 0 Å². The Labute approximate surface area is 228 Å². The Morgan fingerprint density at radius 1 is 0.359 bits per heavy atom. The van der Waals surface area contributed by atoms with E-state index in [1.807, 2.05) is 19.3 Å². The van der Waals surface area contributed by atoms with Gasteiger partial charge in [-0.05, 0) is 73.5 Å². The van der Waals surface area contributed by atoms with Crippen molar-refractivity contribution in [1.29, 1.82) is 0 Å². The van der Waals surface area contributed by atoms with Gasteiger partial charge in [-0.2, -0.15) is 0 Å².